The lowest BCUT2D eigenvalue weighted by atomic mass is 10.3. The molecule has 2 N–H and O–H groups in total. The van der Waals surface area contributed by atoms with Crippen LogP contribution in [-0.4, -0.2) is 4.98 Å². The summed E-state index contributed by atoms with van der Waals surface area (Å²) in [5.74, 6) is 0. The van der Waals surface area contributed by atoms with E-state index in [1.165, 1.54) is 4.90 Å². The lowest BCUT2D eigenvalue weighted by molar-refractivity contribution is 1.11. The average Bonchev–Trinajstić information content (AvgIpc) is 2.25. The molecule has 0 spiro atoms. The van der Waals surface area contributed by atoms with Crippen LogP contribution in [0.1, 0.15) is 5.56 Å². The second-order valence-corrected chi connectivity index (χ2v) is 4.39. The minimum Gasteiger partial charge on any atom is -0.398 e. The molecule has 0 unspecified atom stereocenters. The fourth-order valence-electron chi connectivity index (χ4n) is 1.18. The molecule has 0 saturated heterocycles. The van der Waals surface area contributed by atoms with Crippen LogP contribution >= 0.6 is 11.8 Å². The van der Waals surface area contributed by atoms with Gasteiger partial charge in [0, 0.05) is 16.8 Å². The summed E-state index contributed by atoms with van der Waals surface area (Å²) >= 11 is 1.62. The molecule has 2 aromatic rings. The highest BCUT2D eigenvalue weighted by Crippen LogP contribution is 2.27. The maximum absolute atomic E-state index is 5.82. The van der Waals surface area contributed by atoms with E-state index in [-0.39, 0.29) is 0 Å². The standard InChI is InChI=1S/C12H12N2S/c1-9-8-14-12(7-11(9)13)15-10-5-3-2-4-6-10/h2-8H,1H3,(H2,13,14). The molecule has 1 aromatic heterocycles. The minimum absolute atomic E-state index is 0.795. The van der Waals surface area contributed by atoms with E-state index in [4.69, 9.17) is 5.73 Å². The number of aromatic nitrogens is 1. The van der Waals surface area contributed by atoms with Crippen molar-refractivity contribution in [3.05, 3.63) is 48.2 Å². The predicted molar refractivity (Wildman–Crippen MR) is 64.0 cm³/mol. The van der Waals surface area contributed by atoms with Gasteiger partial charge in [0.25, 0.3) is 0 Å². The van der Waals surface area contributed by atoms with Crippen LogP contribution in [0.15, 0.2) is 52.5 Å². The molecule has 0 amide bonds. The molecular formula is C12H12N2S. The molecule has 1 heterocycles. The maximum atomic E-state index is 5.82. The zero-order chi connectivity index (χ0) is 10.7. The molecule has 15 heavy (non-hydrogen) atoms. The third-order valence-corrected chi connectivity index (χ3v) is 3.03. The summed E-state index contributed by atoms with van der Waals surface area (Å²) in [6.07, 6.45) is 1.81. The molecule has 0 fully saturated rings. The monoisotopic (exact) mass is 216 g/mol. The molecular weight excluding hydrogens is 204 g/mol. The van der Waals surface area contributed by atoms with Gasteiger partial charge in [0.2, 0.25) is 0 Å². The first kappa shape index (κ1) is 10.1. The third-order valence-electron chi connectivity index (χ3n) is 2.09. The van der Waals surface area contributed by atoms with Gasteiger partial charge in [0.05, 0.1) is 0 Å². The Bertz CT molecular complexity index is 454. The van der Waals surface area contributed by atoms with Gasteiger partial charge in [-0.05, 0) is 30.7 Å². The van der Waals surface area contributed by atoms with Gasteiger partial charge in [-0.15, -0.1) is 0 Å². The van der Waals surface area contributed by atoms with Crippen LogP contribution in [0.4, 0.5) is 5.69 Å². The topological polar surface area (TPSA) is 38.9 Å². The fourth-order valence-corrected chi connectivity index (χ4v) is 2.01. The summed E-state index contributed by atoms with van der Waals surface area (Å²) in [5, 5.41) is 0.935. The molecule has 2 nitrogen and oxygen atoms in total. The molecule has 0 aliphatic rings. The zero-order valence-corrected chi connectivity index (χ0v) is 9.29. The Morgan fingerprint density at radius 3 is 2.60 bits per heavy atom. The average molecular weight is 216 g/mol. The smallest absolute Gasteiger partial charge is 0.103 e. The molecule has 1 aromatic carbocycles. The largest absolute Gasteiger partial charge is 0.398 e. The summed E-state index contributed by atoms with van der Waals surface area (Å²) in [5.41, 5.74) is 7.64. The van der Waals surface area contributed by atoms with E-state index < -0.39 is 0 Å². The highest BCUT2D eigenvalue weighted by molar-refractivity contribution is 7.99. The second-order valence-electron chi connectivity index (χ2n) is 3.29. The van der Waals surface area contributed by atoms with E-state index >= 15 is 0 Å². The Hall–Kier alpha value is -1.48. The number of hydrogen-bond donors (Lipinski definition) is 1. The maximum Gasteiger partial charge on any atom is 0.103 e. The zero-order valence-electron chi connectivity index (χ0n) is 8.47. The van der Waals surface area contributed by atoms with Crippen LogP contribution in [0.3, 0.4) is 0 Å². The first-order valence-electron chi connectivity index (χ1n) is 4.71. The molecule has 3 heteroatoms. The van der Waals surface area contributed by atoms with E-state index in [0.29, 0.717) is 0 Å². The molecule has 0 aliphatic heterocycles. The lowest BCUT2D eigenvalue weighted by Crippen LogP contribution is -1.91. The number of hydrogen-bond acceptors (Lipinski definition) is 3. The quantitative estimate of drug-likeness (QED) is 0.838. The number of nitrogens with zero attached hydrogens (tertiary/aromatic N) is 1. The SMILES string of the molecule is Cc1cnc(Sc2ccccc2)cc1N. The molecule has 0 aliphatic carbocycles. The Morgan fingerprint density at radius 1 is 1.20 bits per heavy atom. The van der Waals surface area contributed by atoms with Crippen LogP contribution in [-0.2, 0) is 0 Å². The van der Waals surface area contributed by atoms with Crippen molar-refractivity contribution < 1.29 is 0 Å². The highest BCUT2D eigenvalue weighted by Gasteiger charge is 2.00. The van der Waals surface area contributed by atoms with Gasteiger partial charge >= 0.3 is 0 Å². The summed E-state index contributed by atoms with van der Waals surface area (Å²) < 4.78 is 0. The van der Waals surface area contributed by atoms with Crippen molar-refractivity contribution in [1.29, 1.82) is 0 Å². The van der Waals surface area contributed by atoms with Crippen molar-refractivity contribution in [2.24, 2.45) is 0 Å². The number of pyridine rings is 1. The summed E-state index contributed by atoms with van der Waals surface area (Å²) in [4.78, 5) is 5.49. The predicted octanol–water partition coefficient (Wildman–Crippen LogP) is 3.12. The van der Waals surface area contributed by atoms with Gasteiger partial charge in [0.1, 0.15) is 5.03 Å². The van der Waals surface area contributed by atoms with Gasteiger partial charge in [-0.2, -0.15) is 0 Å². The Morgan fingerprint density at radius 2 is 1.93 bits per heavy atom. The van der Waals surface area contributed by atoms with E-state index in [1.54, 1.807) is 18.0 Å². The van der Waals surface area contributed by atoms with Crippen molar-refractivity contribution in [2.45, 2.75) is 16.8 Å². The van der Waals surface area contributed by atoms with E-state index in [9.17, 15) is 0 Å². The fraction of sp³-hybridized carbons (Fsp3) is 0.0833. The van der Waals surface area contributed by atoms with Crippen LogP contribution in [0.2, 0.25) is 0 Å². The van der Waals surface area contributed by atoms with Gasteiger partial charge in [-0.1, -0.05) is 30.0 Å². The van der Waals surface area contributed by atoms with Gasteiger partial charge < -0.3 is 5.73 Å². The molecule has 0 atom stereocenters. The summed E-state index contributed by atoms with van der Waals surface area (Å²) in [7, 11) is 0. The Balaban J connectivity index is 2.22. The molecule has 76 valence electrons. The number of benzene rings is 1. The molecule has 0 bridgehead atoms. The summed E-state index contributed by atoms with van der Waals surface area (Å²) in [6, 6.07) is 12.1. The van der Waals surface area contributed by atoms with Crippen LogP contribution in [0.25, 0.3) is 0 Å². The number of nitrogen functional groups attached to an aromatic ring is 1. The van der Waals surface area contributed by atoms with Gasteiger partial charge in [0.15, 0.2) is 0 Å². The Kier molecular flexibility index (Phi) is 2.92. The van der Waals surface area contributed by atoms with Crippen molar-refractivity contribution in [3.8, 4) is 0 Å². The third kappa shape index (κ3) is 2.50. The van der Waals surface area contributed by atoms with Crippen molar-refractivity contribution in [1.82, 2.24) is 4.98 Å². The first-order chi connectivity index (χ1) is 7.25. The highest BCUT2D eigenvalue weighted by atomic mass is 32.2. The Labute approximate surface area is 93.5 Å². The number of nitrogens with two attached hydrogens (primary N) is 1. The van der Waals surface area contributed by atoms with E-state index in [0.717, 1.165) is 16.3 Å². The first-order valence-corrected chi connectivity index (χ1v) is 5.52. The van der Waals surface area contributed by atoms with Crippen LogP contribution in [0, 0.1) is 6.92 Å². The summed E-state index contributed by atoms with van der Waals surface area (Å²) in [6.45, 7) is 1.96. The second kappa shape index (κ2) is 4.36. The normalized spacial score (nSPS) is 10.2. The van der Waals surface area contributed by atoms with Crippen LogP contribution < -0.4 is 5.73 Å². The molecule has 0 radical (unpaired) electrons. The van der Waals surface area contributed by atoms with E-state index in [1.807, 2.05) is 31.2 Å². The van der Waals surface area contributed by atoms with E-state index in [2.05, 4.69) is 17.1 Å². The van der Waals surface area contributed by atoms with Crippen LogP contribution in [0.5, 0.6) is 0 Å². The lowest BCUT2D eigenvalue weighted by Gasteiger charge is -2.03. The van der Waals surface area contributed by atoms with Crippen molar-refractivity contribution in [3.63, 3.8) is 0 Å². The van der Waals surface area contributed by atoms with Crippen molar-refractivity contribution in [2.75, 3.05) is 5.73 Å². The number of aryl methyl sites for hydroxylation is 1. The van der Waals surface area contributed by atoms with Crippen molar-refractivity contribution >= 4 is 17.4 Å². The van der Waals surface area contributed by atoms with Gasteiger partial charge in [-0.25, -0.2) is 4.98 Å². The minimum atomic E-state index is 0.795. The molecule has 0 saturated carbocycles. The molecule has 2 rings (SSSR count). The van der Waals surface area contributed by atoms with Gasteiger partial charge in [-0.3, -0.25) is 0 Å². The number of anilines is 1. The number of rotatable bonds is 2.